The molecular weight excluding hydrogens is 340 g/mol. The van der Waals surface area contributed by atoms with Gasteiger partial charge in [0.15, 0.2) is 23.1 Å². The predicted octanol–water partition coefficient (Wildman–Crippen LogP) is 3.80. The first-order chi connectivity index (χ1) is 13.1. The number of ketones is 4. The van der Waals surface area contributed by atoms with Crippen LogP contribution >= 0.6 is 0 Å². The van der Waals surface area contributed by atoms with Gasteiger partial charge in [0.05, 0.1) is 5.57 Å². The van der Waals surface area contributed by atoms with Crippen molar-refractivity contribution in [2.75, 3.05) is 0 Å². The minimum atomic E-state index is -0.821. The molecule has 4 heteroatoms. The molecule has 0 amide bonds. The van der Waals surface area contributed by atoms with E-state index in [9.17, 15) is 19.2 Å². The van der Waals surface area contributed by atoms with Crippen molar-refractivity contribution in [2.24, 2.45) is 5.92 Å². The van der Waals surface area contributed by atoms with Crippen molar-refractivity contribution in [3.63, 3.8) is 0 Å². The molecule has 0 fully saturated rings. The third kappa shape index (κ3) is 2.72. The molecule has 0 radical (unpaired) electrons. The summed E-state index contributed by atoms with van der Waals surface area (Å²) < 4.78 is 0. The molecule has 2 aliphatic carbocycles. The topological polar surface area (TPSA) is 68.3 Å². The minimum absolute atomic E-state index is 0.112. The average molecular weight is 354 g/mol. The molecule has 4 nitrogen and oxygen atoms in total. The van der Waals surface area contributed by atoms with E-state index in [-0.39, 0.29) is 28.7 Å². The molecule has 0 atom stereocenters. The van der Waals surface area contributed by atoms with Crippen LogP contribution in [0.4, 0.5) is 0 Å². The third-order valence-electron chi connectivity index (χ3n) is 4.72. The fourth-order valence-corrected chi connectivity index (χ4v) is 3.36. The summed E-state index contributed by atoms with van der Waals surface area (Å²) in [5.74, 6) is -1.83. The fourth-order valence-electron chi connectivity index (χ4n) is 3.36. The lowest BCUT2D eigenvalue weighted by Gasteiger charge is -1.97. The molecular formula is C23H14O4. The van der Waals surface area contributed by atoms with Gasteiger partial charge in [-0.3, -0.25) is 19.2 Å². The number of carbonyl (C=O) groups excluding carboxylic acids is 4. The van der Waals surface area contributed by atoms with Gasteiger partial charge in [0.25, 0.3) is 0 Å². The molecule has 0 unspecified atom stereocenters. The molecule has 2 aromatic rings. The first-order valence-electron chi connectivity index (χ1n) is 8.50. The summed E-state index contributed by atoms with van der Waals surface area (Å²) >= 11 is 0. The molecule has 0 saturated heterocycles. The number of rotatable bonds is 3. The zero-order valence-corrected chi connectivity index (χ0v) is 14.2. The van der Waals surface area contributed by atoms with Gasteiger partial charge in [0, 0.05) is 22.3 Å². The third-order valence-corrected chi connectivity index (χ3v) is 4.72. The molecule has 2 aliphatic rings. The SMILES string of the molecule is O=C1C(=C/C=C/C=C/C2C(=O)c3ccccc3C2=O)C(=O)c2ccccc21. The van der Waals surface area contributed by atoms with Crippen molar-refractivity contribution < 1.29 is 19.2 Å². The number of benzene rings is 2. The van der Waals surface area contributed by atoms with Crippen molar-refractivity contribution in [1.29, 1.82) is 0 Å². The maximum absolute atomic E-state index is 12.3. The van der Waals surface area contributed by atoms with E-state index in [1.165, 1.54) is 12.2 Å². The van der Waals surface area contributed by atoms with Gasteiger partial charge in [0.2, 0.25) is 0 Å². The van der Waals surface area contributed by atoms with Crippen LogP contribution in [0.3, 0.4) is 0 Å². The van der Waals surface area contributed by atoms with Gasteiger partial charge >= 0.3 is 0 Å². The lowest BCUT2D eigenvalue weighted by Crippen LogP contribution is -2.11. The van der Waals surface area contributed by atoms with Crippen LogP contribution in [0.1, 0.15) is 41.4 Å². The first-order valence-corrected chi connectivity index (χ1v) is 8.50. The van der Waals surface area contributed by atoms with Crippen LogP contribution in [0.25, 0.3) is 0 Å². The summed E-state index contributed by atoms with van der Waals surface area (Å²) in [6, 6.07) is 13.5. The van der Waals surface area contributed by atoms with Crippen LogP contribution in [0, 0.1) is 5.92 Å². The van der Waals surface area contributed by atoms with Crippen LogP contribution in [-0.4, -0.2) is 23.1 Å². The van der Waals surface area contributed by atoms with E-state index in [2.05, 4.69) is 0 Å². The Labute approximate surface area is 155 Å². The van der Waals surface area contributed by atoms with Crippen LogP contribution in [-0.2, 0) is 0 Å². The number of allylic oxidation sites excluding steroid dienone is 6. The Morgan fingerprint density at radius 3 is 1.59 bits per heavy atom. The second-order valence-corrected chi connectivity index (χ2v) is 6.31. The second-order valence-electron chi connectivity index (χ2n) is 6.31. The predicted molar refractivity (Wildman–Crippen MR) is 100 cm³/mol. The van der Waals surface area contributed by atoms with Gasteiger partial charge in [-0.2, -0.15) is 0 Å². The van der Waals surface area contributed by atoms with Gasteiger partial charge in [-0.25, -0.2) is 0 Å². The molecule has 0 spiro atoms. The zero-order chi connectivity index (χ0) is 19.0. The Morgan fingerprint density at radius 1 is 0.593 bits per heavy atom. The average Bonchev–Trinajstić information content (AvgIpc) is 3.08. The van der Waals surface area contributed by atoms with Crippen molar-refractivity contribution in [3.05, 3.63) is 107 Å². The minimum Gasteiger partial charge on any atom is -0.293 e. The van der Waals surface area contributed by atoms with Gasteiger partial charge in [0.1, 0.15) is 5.92 Å². The molecule has 27 heavy (non-hydrogen) atoms. The van der Waals surface area contributed by atoms with E-state index < -0.39 is 5.92 Å². The number of hydrogen-bond donors (Lipinski definition) is 0. The molecule has 2 aromatic carbocycles. The van der Waals surface area contributed by atoms with Crippen molar-refractivity contribution in [1.82, 2.24) is 0 Å². The summed E-state index contributed by atoms with van der Waals surface area (Å²) in [6.45, 7) is 0. The number of fused-ring (bicyclic) bond motifs is 2. The van der Waals surface area contributed by atoms with E-state index in [1.807, 2.05) is 0 Å². The van der Waals surface area contributed by atoms with E-state index in [0.29, 0.717) is 22.3 Å². The Balaban J connectivity index is 1.49. The van der Waals surface area contributed by atoms with Gasteiger partial charge in [-0.15, -0.1) is 0 Å². The normalized spacial score (nSPS) is 16.7. The summed E-state index contributed by atoms with van der Waals surface area (Å²) in [6.07, 6.45) is 7.74. The van der Waals surface area contributed by atoms with Crippen LogP contribution in [0.15, 0.2) is 84.5 Å². The highest BCUT2D eigenvalue weighted by atomic mass is 16.2. The lowest BCUT2D eigenvalue weighted by atomic mass is 10.0. The number of carbonyl (C=O) groups is 4. The van der Waals surface area contributed by atoms with E-state index in [4.69, 9.17) is 0 Å². The molecule has 130 valence electrons. The van der Waals surface area contributed by atoms with Gasteiger partial charge < -0.3 is 0 Å². The highest BCUT2D eigenvalue weighted by Gasteiger charge is 2.36. The van der Waals surface area contributed by atoms with Crippen molar-refractivity contribution >= 4 is 23.1 Å². The maximum Gasteiger partial charge on any atom is 0.197 e. The van der Waals surface area contributed by atoms with Gasteiger partial charge in [-0.1, -0.05) is 72.8 Å². The lowest BCUT2D eigenvalue weighted by molar-refractivity contribution is 0.0869. The first kappa shape index (κ1) is 16.8. The van der Waals surface area contributed by atoms with Gasteiger partial charge in [-0.05, 0) is 6.08 Å². The smallest absolute Gasteiger partial charge is 0.197 e. The van der Waals surface area contributed by atoms with Crippen LogP contribution in [0.2, 0.25) is 0 Å². The highest BCUT2D eigenvalue weighted by molar-refractivity contribution is 6.39. The zero-order valence-electron chi connectivity index (χ0n) is 14.2. The molecule has 0 aromatic heterocycles. The van der Waals surface area contributed by atoms with Crippen LogP contribution < -0.4 is 0 Å². The van der Waals surface area contributed by atoms with E-state index in [0.717, 1.165) is 0 Å². The van der Waals surface area contributed by atoms with E-state index >= 15 is 0 Å². The second kappa shape index (κ2) is 6.57. The summed E-state index contributed by atoms with van der Waals surface area (Å²) in [5.41, 5.74) is 1.84. The monoisotopic (exact) mass is 354 g/mol. The standard InChI is InChI=1S/C23H14O4/c24-20-14-8-4-5-9-15(14)21(25)18(20)12-2-1-3-13-19-22(26)16-10-6-7-11-17(16)23(19)27/h1-13,18H/b3-1+,12-2+. The fraction of sp³-hybridized carbons (Fsp3) is 0.0435. The molecule has 4 rings (SSSR count). The Bertz CT molecular complexity index is 1030. The maximum atomic E-state index is 12.3. The summed E-state index contributed by atoms with van der Waals surface area (Å²) in [4.78, 5) is 49.1. The van der Waals surface area contributed by atoms with Crippen LogP contribution in [0.5, 0.6) is 0 Å². The summed E-state index contributed by atoms with van der Waals surface area (Å²) in [5, 5.41) is 0. The number of Topliss-reactive ketones (excluding diaryl/α,β-unsaturated/α-hetero) is 4. The number of hydrogen-bond acceptors (Lipinski definition) is 4. The van der Waals surface area contributed by atoms with Crippen molar-refractivity contribution in [3.8, 4) is 0 Å². The molecule has 0 saturated carbocycles. The van der Waals surface area contributed by atoms with E-state index in [1.54, 1.807) is 66.8 Å². The Kier molecular flexibility index (Phi) is 4.09. The van der Waals surface area contributed by atoms with Crippen molar-refractivity contribution in [2.45, 2.75) is 0 Å². The highest BCUT2D eigenvalue weighted by Crippen LogP contribution is 2.28. The summed E-state index contributed by atoms with van der Waals surface area (Å²) in [7, 11) is 0. The Hall–Kier alpha value is -3.66. The molecule has 0 aliphatic heterocycles. The molecule has 0 N–H and O–H groups in total. The molecule has 0 bridgehead atoms. The largest absolute Gasteiger partial charge is 0.293 e. The molecule has 0 heterocycles. The Morgan fingerprint density at radius 2 is 1.07 bits per heavy atom. The quantitative estimate of drug-likeness (QED) is 0.364.